The van der Waals surface area contributed by atoms with Crippen molar-refractivity contribution in [1.29, 1.82) is 0 Å². The van der Waals surface area contributed by atoms with Gasteiger partial charge in [0.1, 0.15) is 18.2 Å². The quantitative estimate of drug-likeness (QED) is 0.821. The van der Waals surface area contributed by atoms with E-state index >= 15 is 0 Å². The fourth-order valence-corrected chi connectivity index (χ4v) is 2.36. The molecule has 1 aliphatic rings. The van der Waals surface area contributed by atoms with Crippen LogP contribution in [-0.4, -0.2) is 25.6 Å². The van der Waals surface area contributed by atoms with Gasteiger partial charge in [0, 0.05) is 12.5 Å². The molecule has 0 saturated heterocycles. The van der Waals surface area contributed by atoms with E-state index in [4.69, 9.17) is 10.5 Å². The normalized spacial score (nSPS) is 13.1. The molecular formula is C15H22ClFN2O2. The van der Waals surface area contributed by atoms with E-state index in [1.54, 1.807) is 11.0 Å². The number of benzene rings is 1. The number of halogens is 2. The molecule has 1 aliphatic heterocycles. The minimum absolute atomic E-state index is 0. The van der Waals surface area contributed by atoms with E-state index in [0.29, 0.717) is 37.6 Å². The van der Waals surface area contributed by atoms with Gasteiger partial charge in [0.25, 0.3) is 0 Å². The van der Waals surface area contributed by atoms with Crippen molar-refractivity contribution in [2.45, 2.75) is 32.1 Å². The number of ether oxygens (including phenoxy) is 1. The maximum Gasteiger partial charge on any atom is 0.227 e. The predicted octanol–water partition coefficient (Wildman–Crippen LogP) is 2.88. The van der Waals surface area contributed by atoms with Crippen LogP contribution in [0.15, 0.2) is 18.2 Å². The van der Waals surface area contributed by atoms with Crippen LogP contribution in [0, 0.1) is 5.82 Å². The molecule has 6 heteroatoms. The Kier molecular flexibility index (Phi) is 7.47. The fraction of sp³-hybridized carbons (Fsp3) is 0.533. The summed E-state index contributed by atoms with van der Waals surface area (Å²) in [5.74, 6) is 0.182. The number of nitrogens with zero attached hydrogens (tertiary/aromatic N) is 1. The summed E-state index contributed by atoms with van der Waals surface area (Å²) in [4.78, 5) is 13.9. The highest BCUT2D eigenvalue weighted by Gasteiger charge is 2.23. The zero-order valence-corrected chi connectivity index (χ0v) is 12.8. The van der Waals surface area contributed by atoms with E-state index in [1.807, 2.05) is 0 Å². The first-order chi connectivity index (χ1) is 9.72. The number of anilines is 1. The number of amides is 1. The molecule has 1 aromatic rings. The highest BCUT2D eigenvalue weighted by atomic mass is 35.5. The van der Waals surface area contributed by atoms with Crippen LogP contribution in [0.25, 0.3) is 0 Å². The molecule has 21 heavy (non-hydrogen) atoms. The molecule has 4 nitrogen and oxygen atoms in total. The Bertz CT molecular complexity index is 471. The van der Waals surface area contributed by atoms with Crippen LogP contribution in [0.4, 0.5) is 10.1 Å². The van der Waals surface area contributed by atoms with Crippen molar-refractivity contribution in [1.82, 2.24) is 0 Å². The molecule has 2 rings (SSSR count). The van der Waals surface area contributed by atoms with Crippen LogP contribution in [-0.2, 0) is 4.79 Å². The molecule has 0 spiro atoms. The lowest BCUT2D eigenvalue weighted by Crippen LogP contribution is -2.37. The van der Waals surface area contributed by atoms with Gasteiger partial charge in [0.2, 0.25) is 5.91 Å². The first kappa shape index (κ1) is 17.7. The Morgan fingerprint density at radius 2 is 2.05 bits per heavy atom. The van der Waals surface area contributed by atoms with Gasteiger partial charge in [-0.2, -0.15) is 0 Å². The number of fused-ring (bicyclic) bond motifs is 1. The Morgan fingerprint density at radius 1 is 1.29 bits per heavy atom. The topological polar surface area (TPSA) is 55.6 Å². The van der Waals surface area contributed by atoms with Crippen molar-refractivity contribution < 1.29 is 13.9 Å². The number of rotatable bonds is 6. The minimum atomic E-state index is -0.347. The summed E-state index contributed by atoms with van der Waals surface area (Å²) in [5.41, 5.74) is 6.10. The fourth-order valence-electron chi connectivity index (χ4n) is 2.36. The molecule has 0 atom stereocenters. The van der Waals surface area contributed by atoms with Gasteiger partial charge in [-0.1, -0.05) is 12.8 Å². The van der Waals surface area contributed by atoms with E-state index < -0.39 is 0 Å². The molecule has 0 saturated carbocycles. The molecule has 1 heterocycles. The number of hydrogen-bond acceptors (Lipinski definition) is 3. The summed E-state index contributed by atoms with van der Waals surface area (Å²) in [6.07, 6.45) is 4.47. The number of unbranched alkanes of at least 4 members (excludes halogenated alkanes) is 3. The monoisotopic (exact) mass is 316 g/mol. The second-order valence-corrected chi connectivity index (χ2v) is 4.96. The summed E-state index contributed by atoms with van der Waals surface area (Å²) < 4.78 is 18.5. The van der Waals surface area contributed by atoms with E-state index in [9.17, 15) is 9.18 Å². The summed E-state index contributed by atoms with van der Waals surface area (Å²) in [5, 5.41) is 0. The molecule has 0 bridgehead atoms. The third-order valence-corrected chi connectivity index (χ3v) is 3.43. The zero-order valence-electron chi connectivity index (χ0n) is 12.0. The molecule has 0 aliphatic carbocycles. The van der Waals surface area contributed by atoms with Crippen LogP contribution in [0.2, 0.25) is 0 Å². The largest absolute Gasteiger partial charge is 0.489 e. The van der Waals surface area contributed by atoms with Crippen molar-refractivity contribution in [3.05, 3.63) is 24.0 Å². The Hall–Kier alpha value is -1.33. The third-order valence-electron chi connectivity index (χ3n) is 3.43. The van der Waals surface area contributed by atoms with Gasteiger partial charge in [-0.3, -0.25) is 4.79 Å². The van der Waals surface area contributed by atoms with Gasteiger partial charge in [-0.25, -0.2) is 4.39 Å². The second-order valence-electron chi connectivity index (χ2n) is 4.96. The molecule has 0 unspecified atom stereocenters. The van der Waals surface area contributed by atoms with Gasteiger partial charge in [0.15, 0.2) is 0 Å². The van der Waals surface area contributed by atoms with Crippen LogP contribution in [0.3, 0.4) is 0 Å². The molecule has 118 valence electrons. The molecule has 2 N–H and O–H groups in total. The highest BCUT2D eigenvalue weighted by molar-refractivity contribution is 5.95. The van der Waals surface area contributed by atoms with Gasteiger partial charge in [-0.15, -0.1) is 12.4 Å². The lowest BCUT2D eigenvalue weighted by Gasteiger charge is -2.29. The Labute approximate surface area is 130 Å². The van der Waals surface area contributed by atoms with Crippen LogP contribution in [0.5, 0.6) is 5.75 Å². The lowest BCUT2D eigenvalue weighted by atomic mass is 10.1. The van der Waals surface area contributed by atoms with E-state index in [-0.39, 0.29) is 24.1 Å². The molecular weight excluding hydrogens is 295 g/mol. The van der Waals surface area contributed by atoms with E-state index in [2.05, 4.69) is 0 Å². The minimum Gasteiger partial charge on any atom is -0.489 e. The number of carbonyl (C=O) groups excluding carboxylic acids is 1. The van der Waals surface area contributed by atoms with Gasteiger partial charge >= 0.3 is 0 Å². The molecule has 0 aromatic heterocycles. The van der Waals surface area contributed by atoms with Crippen molar-refractivity contribution in [2.24, 2.45) is 5.73 Å². The third kappa shape index (κ3) is 4.86. The number of hydrogen-bond donors (Lipinski definition) is 1. The second kappa shape index (κ2) is 8.85. The van der Waals surface area contributed by atoms with Gasteiger partial charge < -0.3 is 15.4 Å². The summed E-state index contributed by atoms with van der Waals surface area (Å²) in [6.45, 7) is 1.64. The van der Waals surface area contributed by atoms with Crippen molar-refractivity contribution >= 4 is 24.0 Å². The zero-order chi connectivity index (χ0) is 14.4. The van der Waals surface area contributed by atoms with Gasteiger partial charge in [0.05, 0.1) is 12.2 Å². The SMILES string of the molecule is Cl.NCCCCCCC(=O)N1CCOc2cc(F)ccc21. The summed E-state index contributed by atoms with van der Waals surface area (Å²) >= 11 is 0. The van der Waals surface area contributed by atoms with Crippen molar-refractivity contribution in [3.63, 3.8) is 0 Å². The van der Waals surface area contributed by atoms with Crippen LogP contribution < -0.4 is 15.4 Å². The van der Waals surface area contributed by atoms with Crippen molar-refractivity contribution in [2.75, 3.05) is 24.6 Å². The maximum absolute atomic E-state index is 13.2. The smallest absolute Gasteiger partial charge is 0.227 e. The maximum atomic E-state index is 13.2. The average Bonchev–Trinajstić information content (AvgIpc) is 2.46. The number of carbonyl (C=O) groups is 1. The first-order valence-electron chi connectivity index (χ1n) is 7.15. The van der Waals surface area contributed by atoms with E-state index in [1.165, 1.54) is 12.1 Å². The highest BCUT2D eigenvalue weighted by Crippen LogP contribution is 2.32. The number of nitrogens with two attached hydrogens (primary N) is 1. The van der Waals surface area contributed by atoms with Crippen molar-refractivity contribution in [3.8, 4) is 5.75 Å². The standard InChI is InChI=1S/C15H21FN2O2.ClH/c16-12-6-7-13-14(11-12)20-10-9-18(13)15(19)5-3-1-2-4-8-17;/h6-7,11H,1-5,8-10,17H2;1H. The Morgan fingerprint density at radius 3 is 2.81 bits per heavy atom. The molecule has 0 radical (unpaired) electrons. The van der Waals surface area contributed by atoms with Gasteiger partial charge in [-0.05, 0) is 31.5 Å². The van der Waals surface area contributed by atoms with Crippen LogP contribution >= 0.6 is 12.4 Å². The van der Waals surface area contributed by atoms with Crippen LogP contribution in [0.1, 0.15) is 32.1 Å². The Balaban J connectivity index is 0.00000220. The predicted molar refractivity (Wildman–Crippen MR) is 83.6 cm³/mol. The average molecular weight is 317 g/mol. The van der Waals surface area contributed by atoms with E-state index in [0.717, 1.165) is 25.7 Å². The molecule has 1 amide bonds. The lowest BCUT2D eigenvalue weighted by molar-refractivity contribution is -0.119. The summed E-state index contributed by atoms with van der Waals surface area (Å²) in [6, 6.07) is 4.29. The first-order valence-corrected chi connectivity index (χ1v) is 7.15. The molecule has 0 fully saturated rings. The summed E-state index contributed by atoms with van der Waals surface area (Å²) in [7, 11) is 0. The molecule has 1 aromatic carbocycles.